The van der Waals surface area contributed by atoms with Crippen molar-refractivity contribution >= 4 is 11.8 Å². The van der Waals surface area contributed by atoms with E-state index in [0.717, 1.165) is 30.0 Å². The third-order valence-electron chi connectivity index (χ3n) is 4.97. The number of aryl methyl sites for hydroxylation is 1. The number of hydrogen-bond donors (Lipinski definition) is 2. The first-order valence-electron chi connectivity index (χ1n) is 9.50. The van der Waals surface area contributed by atoms with Gasteiger partial charge in [-0.05, 0) is 61.6 Å². The van der Waals surface area contributed by atoms with Crippen molar-refractivity contribution in [2.45, 2.75) is 39.3 Å². The average Bonchev–Trinajstić information content (AvgIpc) is 3.22. The smallest absolute Gasteiger partial charge is 0.191 e. The van der Waals surface area contributed by atoms with E-state index in [1.807, 2.05) is 25.3 Å². The molecule has 1 aromatic heterocycles. The number of halogens is 1. The number of hydrogen-bond acceptors (Lipinski definition) is 3. The van der Waals surface area contributed by atoms with Gasteiger partial charge in [0.05, 0.1) is 6.04 Å². The summed E-state index contributed by atoms with van der Waals surface area (Å²) in [6.45, 7) is 6.57. The SMILES string of the molecule is CN=C(NCc1ccnc(N2CCCC2)c1)NC(C)c1ccc(C)c(F)c1. The molecule has 1 atom stereocenters. The summed E-state index contributed by atoms with van der Waals surface area (Å²) in [6.07, 6.45) is 4.33. The fraction of sp³-hybridized carbons (Fsp3) is 0.429. The molecule has 1 aliphatic rings. The van der Waals surface area contributed by atoms with Gasteiger partial charge < -0.3 is 15.5 Å². The summed E-state index contributed by atoms with van der Waals surface area (Å²) in [7, 11) is 1.74. The van der Waals surface area contributed by atoms with Crippen molar-refractivity contribution < 1.29 is 4.39 Å². The molecule has 3 rings (SSSR count). The van der Waals surface area contributed by atoms with E-state index in [1.165, 1.54) is 12.8 Å². The summed E-state index contributed by atoms with van der Waals surface area (Å²) >= 11 is 0. The minimum atomic E-state index is -0.185. The molecule has 0 spiro atoms. The normalized spacial score (nSPS) is 15.7. The number of aliphatic imine (C=N–C) groups is 1. The van der Waals surface area contributed by atoms with Gasteiger partial charge in [0.25, 0.3) is 0 Å². The second-order valence-electron chi connectivity index (χ2n) is 7.02. The van der Waals surface area contributed by atoms with Crippen molar-refractivity contribution in [3.63, 3.8) is 0 Å². The Hall–Kier alpha value is -2.63. The lowest BCUT2D eigenvalue weighted by molar-refractivity contribution is 0.607. The quantitative estimate of drug-likeness (QED) is 0.625. The molecular formula is C21H28FN5. The Balaban J connectivity index is 1.59. The number of nitrogens with zero attached hydrogens (tertiary/aromatic N) is 3. The van der Waals surface area contributed by atoms with Crippen molar-refractivity contribution in [3.8, 4) is 0 Å². The van der Waals surface area contributed by atoms with Crippen LogP contribution in [-0.4, -0.2) is 31.1 Å². The zero-order valence-corrected chi connectivity index (χ0v) is 16.3. The second-order valence-corrected chi connectivity index (χ2v) is 7.02. The van der Waals surface area contributed by atoms with Gasteiger partial charge in [0.2, 0.25) is 0 Å². The summed E-state index contributed by atoms with van der Waals surface area (Å²) < 4.78 is 13.8. The number of aromatic nitrogens is 1. The molecule has 0 saturated carbocycles. The first-order valence-corrected chi connectivity index (χ1v) is 9.50. The fourth-order valence-corrected chi connectivity index (χ4v) is 3.24. The van der Waals surface area contributed by atoms with Crippen molar-refractivity contribution in [1.29, 1.82) is 0 Å². The van der Waals surface area contributed by atoms with Gasteiger partial charge in [-0.3, -0.25) is 4.99 Å². The molecule has 144 valence electrons. The summed E-state index contributed by atoms with van der Waals surface area (Å²) in [5.41, 5.74) is 2.70. The Kier molecular flexibility index (Phi) is 6.27. The van der Waals surface area contributed by atoms with Gasteiger partial charge in [-0.25, -0.2) is 9.37 Å². The van der Waals surface area contributed by atoms with E-state index in [1.54, 1.807) is 26.1 Å². The van der Waals surface area contributed by atoms with Gasteiger partial charge in [0.15, 0.2) is 5.96 Å². The highest BCUT2D eigenvalue weighted by molar-refractivity contribution is 5.80. The molecule has 2 N–H and O–H groups in total. The first-order chi connectivity index (χ1) is 13.1. The average molecular weight is 369 g/mol. The van der Waals surface area contributed by atoms with E-state index in [0.29, 0.717) is 18.1 Å². The number of pyridine rings is 1. The van der Waals surface area contributed by atoms with Gasteiger partial charge in [0.1, 0.15) is 11.6 Å². The number of nitrogens with one attached hydrogen (secondary N) is 2. The largest absolute Gasteiger partial charge is 0.357 e. The van der Waals surface area contributed by atoms with Crippen LogP contribution in [-0.2, 0) is 6.54 Å². The first kappa shape index (κ1) is 19.1. The van der Waals surface area contributed by atoms with E-state index >= 15 is 0 Å². The molecule has 2 aromatic rings. The van der Waals surface area contributed by atoms with E-state index in [4.69, 9.17) is 0 Å². The molecule has 6 heteroatoms. The second kappa shape index (κ2) is 8.84. The van der Waals surface area contributed by atoms with Crippen LogP contribution in [0.3, 0.4) is 0 Å². The minimum absolute atomic E-state index is 0.0519. The fourth-order valence-electron chi connectivity index (χ4n) is 3.24. The van der Waals surface area contributed by atoms with Crippen molar-refractivity contribution in [2.24, 2.45) is 4.99 Å². The van der Waals surface area contributed by atoms with E-state index < -0.39 is 0 Å². The standard InChI is InChI=1S/C21H28FN5/c1-15-6-7-18(13-19(15)22)16(2)26-21(23-3)25-14-17-8-9-24-20(12-17)27-10-4-5-11-27/h6-9,12-13,16H,4-5,10-11,14H2,1-3H3,(H2,23,25,26). The maximum Gasteiger partial charge on any atom is 0.191 e. The van der Waals surface area contributed by atoms with Crippen LogP contribution in [0.25, 0.3) is 0 Å². The van der Waals surface area contributed by atoms with Gasteiger partial charge in [-0.15, -0.1) is 0 Å². The number of guanidine groups is 1. The lowest BCUT2D eigenvalue weighted by atomic mass is 10.1. The molecule has 1 fully saturated rings. The molecule has 5 nitrogen and oxygen atoms in total. The van der Waals surface area contributed by atoms with E-state index in [2.05, 4.69) is 31.6 Å². The number of anilines is 1. The maximum absolute atomic E-state index is 13.8. The van der Waals surface area contributed by atoms with Crippen LogP contribution in [0.2, 0.25) is 0 Å². The monoisotopic (exact) mass is 369 g/mol. The lowest BCUT2D eigenvalue weighted by Gasteiger charge is -2.20. The van der Waals surface area contributed by atoms with Gasteiger partial charge in [-0.1, -0.05) is 12.1 Å². The summed E-state index contributed by atoms with van der Waals surface area (Å²) in [5.74, 6) is 1.54. The van der Waals surface area contributed by atoms with Crippen LogP contribution < -0.4 is 15.5 Å². The summed E-state index contributed by atoms with van der Waals surface area (Å²) in [5, 5.41) is 6.64. The Morgan fingerprint density at radius 3 is 2.74 bits per heavy atom. The van der Waals surface area contributed by atoms with Gasteiger partial charge >= 0.3 is 0 Å². The van der Waals surface area contributed by atoms with Crippen LogP contribution in [0.1, 0.15) is 42.5 Å². The Labute approximate surface area is 160 Å². The van der Waals surface area contributed by atoms with Crippen molar-refractivity contribution in [3.05, 3.63) is 59.0 Å². The molecule has 0 aliphatic carbocycles. The topological polar surface area (TPSA) is 52.6 Å². The minimum Gasteiger partial charge on any atom is -0.357 e. The maximum atomic E-state index is 13.8. The number of benzene rings is 1. The third kappa shape index (κ3) is 4.96. The van der Waals surface area contributed by atoms with E-state index in [-0.39, 0.29) is 11.9 Å². The molecule has 27 heavy (non-hydrogen) atoms. The van der Waals surface area contributed by atoms with Crippen LogP contribution >= 0.6 is 0 Å². The zero-order chi connectivity index (χ0) is 19.2. The molecule has 1 unspecified atom stereocenters. The zero-order valence-electron chi connectivity index (χ0n) is 16.3. The molecule has 2 heterocycles. The predicted octanol–water partition coefficient (Wildman–Crippen LogP) is 3.56. The Morgan fingerprint density at radius 2 is 2.04 bits per heavy atom. The van der Waals surface area contributed by atoms with Crippen molar-refractivity contribution in [2.75, 3.05) is 25.0 Å². The highest BCUT2D eigenvalue weighted by Crippen LogP contribution is 2.19. The molecule has 0 amide bonds. The van der Waals surface area contributed by atoms with Gasteiger partial charge in [-0.2, -0.15) is 0 Å². The Bertz CT molecular complexity index is 799. The van der Waals surface area contributed by atoms with Crippen molar-refractivity contribution in [1.82, 2.24) is 15.6 Å². The molecule has 0 radical (unpaired) electrons. The van der Waals surface area contributed by atoms with Crippen LogP contribution in [0, 0.1) is 12.7 Å². The highest BCUT2D eigenvalue weighted by atomic mass is 19.1. The van der Waals surface area contributed by atoms with Crippen LogP contribution in [0.5, 0.6) is 0 Å². The number of rotatable bonds is 5. The summed E-state index contributed by atoms with van der Waals surface area (Å²) in [6, 6.07) is 9.41. The molecule has 1 aromatic carbocycles. The Morgan fingerprint density at radius 1 is 1.26 bits per heavy atom. The van der Waals surface area contributed by atoms with Gasteiger partial charge in [0, 0.05) is 32.9 Å². The molecule has 0 bridgehead atoms. The molecular weight excluding hydrogens is 341 g/mol. The van der Waals surface area contributed by atoms with E-state index in [9.17, 15) is 4.39 Å². The van der Waals surface area contributed by atoms with Crippen LogP contribution in [0.4, 0.5) is 10.2 Å². The lowest BCUT2D eigenvalue weighted by Crippen LogP contribution is -2.38. The third-order valence-corrected chi connectivity index (χ3v) is 4.97. The highest BCUT2D eigenvalue weighted by Gasteiger charge is 2.14. The summed E-state index contributed by atoms with van der Waals surface area (Å²) in [4.78, 5) is 11.1. The molecule has 1 saturated heterocycles. The van der Waals surface area contributed by atoms with Crippen LogP contribution in [0.15, 0.2) is 41.5 Å². The predicted molar refractivity (Wildman–Crippen MR) is 109 cm³/mol. The molecule has 1 aliphatic heterocycles.